The predicted octanol–water partition coefficient (Wildman–Crippen LogP) is 3.99. The zero-order valence-electron chi connectivity index (χ0n) is 16.6. The van der Waals surface area contributed by atoms with E-state index in [9.17, 15) is 9.59 Å². The Kier molecular flexibility index (Phi) is 6.93. The van der Waals surface area contributed by atoms with Crippen LogP contribution in [0.1, 0.15) is 10.4 Å². The molecule has 160 valence electrons. The van der Waals surface area contributed by atoms with Crippen LogP contribution in [0.4, 0.5) is 10.8 Å². The highest BCUT2D eigenvalue weighted by atomic mass is 35.5. The summed E-state index contributed by atoms with van der Waals surface area (Å²) < 4.78 is 5.30. The van der Waals surface area contributed by atoms with E-state index in [0.717, 1.165) is 24.3 Å². The van der Waals surface area contributed by atoms with E-state index in [1.807, 2.05) is 29.6 Å². The van der Waals surface area contributed by atoms with Crippen molar-refractivity contribution in [3.8, 4) is 11.3 Å². The molecule has 1 aromatic heterocycles. The lowest BCUT2D eigenvalue weighted by molar-refractivity contribution is -0.118. The van der Waals surface area contributed by atoms with Gasteiger partial charge in [-0.2, -0.15) is 0 Å². The first-order valence-corrected chi connectivity index (χ1v) is 11.1. The van der Waals surface area contributed by atoms with E-state index >= 15 is 0 Å². The van der Waals surface area contributed by atoms with Gasteiger partial charge < -0.3 is 15.4 Å². The van der Waals surface area contributed by atoms with Gasteiger partial charge in [0.05, 0.1) is 25.5 Å². The summed E-state index contributed by atoms with van der Waals surface area (Å²) in [4.78, 5) is 31.1. The summed E-state index contributed by atoms with van der Waals surface area (Å²) in [7, 11) is 0. The van der Waals surface area contributed by atoms with Gasteiger partial charge in [-0.15, -0.1) is 11.3 Å². The first kappa shape index (κ1) is 21.5. The van der Waals surface area contributed by atoms with Crippen molar-refractivity contribution in [1.29, 1.82) is 0 Å². The van der Waals surface area contributed by atoms with Crippen LogP contribution in [0.5, 0.6) is 0 Å². The smallest absolute Gasteiger partial charge is 0.255 e. The maximum Gasteiger partial charge on any atom is 0.255 e. The van der Waals surface area contributed by atoms with Gasteiger partial charge in [-0.1, -0.05) is 29.8 Å². The second-order valence-electron chi connectivity index (χ2n) is 7.02. The Bertz CT molecular complexity index is 1060. The van der Waals surface area contributed by atoms with Crippen LogP contribution in [0.15, 0.2) is 53.9 Å². The summed E-state index contributed by atoms with van der Waals surface area (Å²) in [6, 6.07) is 14.2. The average Bonchev–Trinajstić information content (AvgIpc) is 3.23. The third-order valence-corrected chi connectivity index (χ3v) is 5.74. The molecule has 2 heterocycles. The number of benzene rings is 2. The summed E-state index contributed by atoms with van der Waals surface area (Å²) in [5.41, 5.74) is 2.82. The summed E-state index contributed by atoms with van der Waals surface area (Å²) in [6.07, 6.45) is 0. The predicted molar refractivity (Wildman–Crippen MR) is 123 cm³/mol. The molecule has 2 N–H and O–H groups in total. The van der Waals surface area contributed by atoms with Gasteiger partial charge in [-0.05, 0) is 30.3 Å². The molecular weight excluding hydrogens is 436 g/mol. The SMILES string of the molecule is O=C(CN1CCOCC1)Nc1nc(-c2ccc(NC(=O)c3cccc(Cl)c3)cc2)cs1. The standard InChI is InChI=1S/C22H21ClN4O3S/c23-17-3-1-2-16(12-17)21(29)24-18-6-4-15(5-7-18)19-14-31-22(25-19)26-20(28)13-27-8-10-30-11-9-27/h1-7,12,14H,8-11,13H2,(H,24,29)(H,25,26,28). The minimum absolute atomic E-state index is 0.0816. The molecule has 2 aromatic carbocycles. The molecular formula is C22H21ClN4O3S. The van der Waals surface area contributed by atoms with Crippen molar-refractivity contribution in [2.75, 3.05) is 43.5 Å². The average molecular weight is 457 g/mol. The minimum Gasteiger partial charge on any atom is -0.379 e. The molecule has 4 rings (SSSR count). The van der Waals surface area contributed by atoms with E-state index in [2.05, 4.69) is 20.5 Å². The second-order valence-corrected chi connectivity index (χ2v) is 8.31. The van der Waals surface area contributed by atoms with Crippen molar-refractivity contribution in [2.45, 2.75) is 0 Å². The summed E-state index contributed by atoms with van der Waals surface area (Å²) in [5, 5.41) is 8.67. The fraction of sp³-hybridized carbons (Fsp3) is 0.227. The molecule has 7 nitrogen and oxygen atoms in total. The van der Waals surface area contributed by atoms with Crippen molar-refractivity contribution < 1.29 is 14.3 Å². The van der Waals surface area contributed by atoms with Gasteiger partial charge in [0.25, 0.3) is 5.91 Å². The number of carbonyl (C=O) groups is 2. The molecule has 9 heteroatoms. The van der Waals surface area contributed by atoms with Crippen LogP contribution in [0.25, 0.3) is 11.3 Å². The molecule has 0 bridgehead atoms. The van der Waals surface area contributed by atoms with Crippen molar-refractivity contribution in [2.24, 2.45) is 0 Å². The number of nitrogens with one attached hydrogen (secondary N) is 2. The molecule has 1 saturated heterocycles. The lowest BCUT2D eigenvalue weighted by atomic mass is 10.1. The number of nitrogens with zero attached hydrogens (tertiary/aromatic N) is 2. The van der Waals surface area contributed by atoms with E-state index in [1.165, 1.54) is 11.3 Å². The van der Waals surface area contributed by atoms with Crippen LogP contribution in [0.2, 0.25) is 5.02 Å². The van der Waals surface area contributed by atoms with Gasteiger partial charge in [0.2, 0.25) is 5.91 Å². The quantitative estimate of drug-likeness (QED) is 0.586. The Hall–Kier alpha value is -2.78. The number of halogens is 1. The Morgan fingerprint density at radius 2 is 1.87 bits per heavy atom. The fourth-order valence-corrected chi connectivity index (χ4v) is 4.07. The second kappa shape index (κ2) is 10.0. The van der Waals surface area contributed by atoms with E-state index in [4.69, 9.17) is 16.3 Å². The molecule has 31 heavy (non-hydrogen) atoms. The number of morpholine rings is 1. The zero-order valence-corrected chi connectivity index (χ0v) is 18.2. The number of anilines is 2. The number of thiazole rings is 1. The number of hydrogen-bond acceptors (Lipinski definition) is 6. The molecule has 0 atom stereocenters. The largest absolute Gasteiger partial charge is 0.379 e. The van der Waals surface area contributed by atoms with Gasteiger partial charge in [0.15, 0.2) is 5.13 Å². The van der Waals surface area contributed by atoms with Gasteiger partial charge >= 0.3 is 0 Å². The van der Waals surface area contributed by atoms with Gasteiger partial charge in [-0.3, -0.25) is 14.5 Å². The highest BCUT2D eigenvalue weighted by Gasteiger charge is 2.15. The Labute approximate surface area is 189 Å². The van der Waals surface area contributed by atoms with E-state index in [1.54, 1.807) is 24.3 Å². The number of rotatable bonds is 6. The Morgan fingerprint density at radius 3 is 2.61 bits per heavy atom. The van der Waals surface area contributed by atoms with Crippen molar-refractivity contribution in [1.82, 2.24) is 9.88 Å². The van der Waals surface area contributed by atoms with Crippen molar-refractivity contribution in [3.05, 3.63) is 64.5 Å². The van der Waals surface area contributed by atoms with Gasteiger partial charge in [0.1, 0.15) is 0 Å². The van der Waals surface area contributed by atoms with Crippen molar-refractivity contribution >= 4 is 45.6 Å². The van der Waals surface area contributed by atoms with Crippen LogP contribution < -0.4 is 10.6 Å². The van der Waals surface area contributed by atoms with Crippen LogP contribution in [-0.2, 0) is 9.53 Å². The van der Waals surface area contributed by atoms with E-state index in [0.29, 0.717) is 41.2 Å². The van der Waals surface area contributed by atoms with Crippen LogP contribution >= 0.6 is 22.9 Å². The highest BCUT2D eigenvalue weighted by Crippen LogP contribution is 2.26. The third-order valence-electron chi connectivity index (χ3n) is 4.75. The monoisotopic (exact) mass is 456 g/mol. The number of ether oxygens (including phenoxy) is 1. The summed E-state index contributed by atoms with van der Waals surface area (Å²) in [5.74, 6) is -0.309. The van der Waals surface area contributed by atoms with E-state index < -0.39 is 0 Å². The molecule has 0 saturated carbocycles. The normalized spacial score (nSPS) is 14.2. The number of amides is 2. The molecule has 0 radical (unpaired) electrons. The minimum atomic E-state index is -0.228. The van der Waals surface area contributed by atoms with Gasteiger partial charge in [-0.25, -0.2) is 4.98 Å². The van der Waals surface area contributed by atoms with Crippen LogP contribution in [0, 0.1) is 0 Å². The van der Waals surface area contributed by atoms with Crippen LogP contribution in [-0.4, -0.2) is 54.5 Å². The molecule has 1 fully saturated rings. The number of carbonyl (C=O) groups excluding carboxylic acids is 2. The molecule has 2 amide bonds. The van der Waals surface area contributed by atoms with Crippen molar-refractivity contribution in [3.63, 3.8) is 0 Å². The third kappa shape index (κ3) is 5.89. The fourth-order valence-electron chi connectivity index (χ4n) is 3.14. The number of aromatic nitrogens is 1. The summed E-state index contributed by atoms with van der Waals surface area (Å²) in [6.45, 7) is 3.17. The first-order chi connectivity index (χ1) is 15.1. The Balaban J connectivity index is 1.34. The topological polar surface area (TPSA) is 83.6 Å². The zero-order chi connectivity index (χ0) is 21.6. The molecule has 0 unspecified atom stereocenters. The molecule has 0 aliphatic carbocycles. The van der Waals surface area contributed by atoms with Crippen LogP contribution in [0.3, 0.4) is 0 Å². The molecule has 1 aliphatic heterocycles. The lowest BCUT2D eigenvalue weighted by Gasteiger charge is -2.25. The maximum atomic E-state index is 12.3. The van der Waals surface area contributed by atoms with E-state index in [-0.39, 0.29) is 11.8 Å². The molecule has 1 aliphatic rings. The maximum absolute atomic E-state index is 12.3. The number of hydrogen-bond donors (Lipinski definition) is 2. The Morgan fingerprint density at radius 1 is 1.10 bits per heavy atom. The molecule has 3 aromatic rings. The van der Waals surface area contributed by atoms with Gasteiger partial charge in [0, 0.05) is 40.3 Å². The molecule has 0 spiro atoms. The summed E-state index contributed by atoms with van der Waals surface area (Å²) >= 11 is 7.32. The highest BCUT2D eigenvalue weighted by molar-refractivity contribution is 7.14. The first-order valence-electron chi connectivity index (χ1n) is 9.80. The lowest BCUT2D eigenvalue weighted by Crippen LogP contribution is -2.41.